The molecule has 0 saturated carbocycles. The van der Waals surface area contributed by atoms with Gasteiger partial charge in [-0.3, -0.25) is 9.59 Å². The molecule has 0 heterocycles. The third kappa shape index (κ3) is 6.69. The molecule has 0 unspecified atom stereocenters. The molecule has 0 spiro atoms. The fourth-order valence-corrected chi connectivity index (χ4v) is 3.01. The first kappa shape index (κ1) is 22.1. The minimum absolute atomic E-state index is 0.158. The fourth-order valence-electron chi connectivity index (χ4n) is 3.01. The normalized spacial score (nSPS) is 10.4. The predicted octanol–water partition coefficient (Wildman–Crippen LogP) is 4.14. The zero-order chi connectivity index (χ0) is 21.9. The number of benzene rings is 3. The van der Waals surface area contributed by atoms with Gasteiger partial charge in [-0.2, -0.15) is 0 Å². The maximum atomic E-state index is 12.4. The Hall–Kier alpha value is -3.64. The first-order chi connectivity index (χ1) is 15.2. The van der Waals surface area contributed by atoms with E-state index in [2.05, 4.69) is 10.6 Å². The summed E-state index contributed by atoms with van der Waals surface area (Å²) in [5, 5.41) is 5.57. The van der Waals surface area contributed by atoms with E-state index in [0.29, 0.717) is 36.6 Å². The maximum Gasteiger partial charge on any atom is 0.262 e. The molecule has 0 aliphatic heterocycles. The maximum absolute atomic E-state index is 12.4. The van der Waals surface area contributed by atoms with Crippen molar-refractivity contribution in [3.63, 3.8) is 0 Å². The molecule has 0 fully saturated rings. The average Bonchev–Trinajstić information content (AvgIpc) is 2.81. The van der Waals surface area contributed by atoms with Crippen molar-refractivity contribution >= 4 is 17.5 Å². The lowest BCUT2D eigenvalue weighted by Gasteiger charge is -2.12. The number of amides is 2. The van der Waals surface area contributed by atoms with Crippen molar-refractivity contribution in [2.75, 3.05) is 32.2 Å². The minimum Gasteiger partial charge on any atom is -0.484 e. The van der Waals surface area contributed by atoms with Crippen LogP contribution in [0.3, 0.4) is 0 Å². The Balaban J connectivity index is 1.53. The molecule has 3 aromatic rings. The fraction of sp³-hybridized carbons (Fsp3) is 0.200. The van der Waals surface area contributed by atoms with Gasteiger partial charge in [-0.05, 0) is 41.8 Å². The predicted molar refractivity (Wildman–Crippen MR) is 121 cm³/mol. The second kappa shape index (κ2) is 11.5. The summed E-state index contributed by atoms with van der Waals surface area (Å²) in [6.45, 7) is 0.911. The number of para-hydroxylation sites is 1. The molecule has 6 nitrogen and oxygen atoms in total. The lowest BCUT2D eigenvalue weighted by atomic mass is 10.1. The zero-order valence-corrected chi connectivity index (χ0v) is 17.5. The van der Waals surface area contributed by atoms with Crippen LogP contribution in [0.1, 0.15) is 16.8 Å². The van der Waals surface area contributed by atoms with E-state index in [4.69, 9.17) is 9.47 Å². The van der Waals surface area contributed by atoms with Crippen molar-refractivity contribution in [2.24, 2.45) is 0 Å². The Morgan fingerprint density at radius 3 is 2.26 bits per heavy atom. The van der Waals surface area contributed by atoms with Gasteiger partial charge in [0, 0.05) is 20.3 Å². The topological polar surface area (TPSA) is 76.7 Å². The average molecular weight is 418 g/mol. The summed E-state index contributed by atoms with van der Waals surface area (Å²) < 4.78 is 10.6. The van der Waals surface area contributed by atoms with E-state index in [1.54, 1.807) is 31.4 Å². The third-order valence-corrected chi connectivity index (χ3v) is 4.59. The molecule has 0 aliphatic rings. The van der Waals surface area contributed by atoms with E-state index in [1.807, 2.05) is 54.6 Å². The van der Waals surface area contributed by atoms with Gasteiger partial charge in [0.15, 0.2) is 6.61 Å². The van der Waals surface area contributed by atoms with E-state index in [1.165, 1.54) is 0 Å². The second-order valence-corrected chi connectivity index (χ2v) is 6.88. The molecule has 160 valence electrons. The molecule has 0 atom stereocenters. The first-order valence-electron chi connectivity index (χ1n) is 10.1. The standard InChI is InChI=1S/C25H26N2O4/c1-30-17-7-16-26-25(29)22-10-5-6-11-23(22)27-24(28)18-31-21-14-12-20(13-15-21)19-8-3-2-4-9-19/h2-6,8-15H,7,16-18H2,1H3,(H,26,29)(H,27,28). The summed E-state index contributed by atoms with van der Waals surface area (Å²) in [5.74, 6) is 0.00944. The van der Waals surface area contributed by atoms with Gasteiger partial charge in [-0.25, -0.2) is 0 Å². The number of nitrogens with one attached hydrogen (secondary N) is 2. The van der Waals surface area contributed by atoms with Crippen LogP contribution in [-0.2, 0) is 9.53 Å². The Morgan fingerprint density at radius 2 is 1.52 bits per heavy atom. The highest BCUT2D eigenvalue weighted by atomic mass is 16.5. The first-order valence-corrected chi connectivity index (χ1v) is 10.1. The smallest absolute Gasteiger partial charge is 0.262 e. The molecule has 31 heavy (non-hydrogen) atoms. The van der Waals surface area contributed by atoms with Gasteiger partial charge in [0.05, 0.1) is 11.3 Å². The lowest BCUT2D eigenvalue weighted by molar-refractivity contribution is -0.118. The Kier molecular flexibility index (Phi) is 8.20. The molecule has 3 rings (SSSR count). The van der Waals surface area contributed by atoms with Crippen LogP contribution in [0.25, 0.3) is 11.1 Å². The number of carbonyl (C=O) groups is 2. The van der Waals surface area contributed by atoms with Crippen LogP contribution >= 0.6 is 0 Å². The number of ether oxygens (including phenoxy) is 2. The summed E-state index contributed by atoms with van der Waals surface area (Å²) >= 11 is 0. The van der Waals surface area contributed by atoms with Crippen LogP contribution in [0, 0.1) is 0 Å². The summed E-state index contributed by atoms with van der Waals surface area (Å²) in [6, 6.07) is 24.5. The van der Waals surface area contributed by atoms with Gasteiger partial charge < -0.3 is 20.1 Å². The molecular formula is C25H26N2O4. The SMILES string of the molecule is COCCCNC(=O)c1ccccc1NC(=O)COc1ccc(-c2ccccc2)cc1. The van der Waals surface area contributed by atoms with Crippen LogP contribution in [0.4, 0.5) is 5.69 Å². The number of anilines is 1. The van der Waals surface area contributed by atoms with Gasteiger partial charge in [0.1, 0.15) is 5.75 Å². The molecule has 0 aliphatic carbocycles. The highest BCUT2D eigenvalue weighted by Gasteiger charge is 2.13. The monoisotopic (exact) mass is 418 g/mol. The van der Waals surface area contributed by atoms with Gasteiger partial charge >= 0.3 is 0 Å². The minimum atomic E-state index is -0.341. The van der Waals surface area contributed by atoms with Crippen LogP contribution in [0.15, 0.2) is 78.9 Å². The van der Waals surface area contributed by atoms with Crippen LogP contribution in [-0.4, -0.2) is 38.7 Å². The molecular weight excluding hydrogens is 392 g/mol. The van der Waals surface area contributed by atoms with E-state index < -0.39 is 0 Å². The number of hydrogen-bond donors (Lipinski definition) is 2. The number of rotatable bonds is 10. The quantitative estimate of drug-likeness (QED) is 0.485. The number of methoxy groups -OCH3 is 1. The molecule has 0 saturated heterocycles. The van der Waals surface area contributed by atoms with E-state index in [9.17, 15) is 9.59 Å². The lowest BCUT2D eigenvalue weighted by Crippen LogP contribution is -2.27. The highest BCUT2D eigenvalue weighted by molar-refractivity contribution is 6.04. The zero-order valence-electron chi connectivity index (χ0n) is 17.5. The Bertz CT molecular complexity index is 988. The van der Waals surface area contributed by atoms with Gasteiger partial charge in [-0.15, -0.1) is 0 Å². The van der Waals surface area contributed by atoms with Crippen molar-refractivity contribution in [3.05, 3.63) is 84.4 Å². The summed E-state index contributed by atoms with van der Waals surface area (Å²) in [7, 11) is 1.62. The third-order valence-electron chi connectivity index (χ3n) is 4.59. The van der Waals surface area contributed by atoms with Crippen molar-refractivity contribution in [1.29, 1.82) is 0 Å². The highest BCUT2D eigenvalue weighted by Crippen LogP contribution is 2.22. The van der Waals surface area contributed by atoms with Crippen molar-refractivity contribution in [1.82, 2.24) is 5.32 Å². The molecule has 0 radical (unpaired) electrons. The Morgan fingerprint density at radius 1 is 0.839 bits per heavy atom. The van der Waals surface area contributed by atoms with Crippen molar-refractivity contribution < 1.29 is 19.1 Å². The second-order valence-electron chi connectivity index (χ2n) is 6.88. The van der Waals surface area contributed by atoms with E-state index in [-0.39, 0.29) is 18.4 Å². The van der Waals surface area contributed by atoms with E-state index in [0.717, 1.165) is 11.1 Å². The largest absolute Gasteiger partial charge is 0.484 e. The van der Waals surface area contributed by atoms with Crippen molar-refractivity contribution in [3.8, 4) is 16.9 Å². The number of hydrogen-bond acceptors (Lipinski definition) is 4. The molecule has 0 bridgehead atoms. The van der Waals surface area contributed by atoms with E-state index >= 15 is 0 Å². The number of carbonyl (C=O) groups excluding carboxylic acids is 2. The summed E-state index contributed by atoms with van der Waals surface area (Å²) in [5.41, 5.74) is 3.03. The van der Waals surface area contributed by atoms with Crippen LogP contribution < -0.4 is 15.4 Å². The van der Waals surface area contributed by atoms with Crippen molar-refractivity contribution in [2.45, 2.75) is 6.42 Å². The molecule has 6 heteroatoms. The molecule has 3 aromatic carbocycles. The summed E-state index contributed by atoms with van der Waals surface area (Å²) in [4.78, 5) is 24.8. The van der Waals surface area contributed by atoms with Gasteiger partial charge in [0.25, 0.3) is 11.8 Å². The Labute approximate surface area is 182 Å². The molecule has 2 amide bonds. The van der Waals surface area contributed by atoms with Gasteiger partial charge in [0.2, 0.25) is 0 Å². The van der Waals surface area contributed by atoms with Crippen LogP contribution in [0.5, 0.6) is 5.75 Å². The summed E-state index contributed by atoms with van der Waals surface area (Å²) in [6.07, 6.45) is 0.716. The molecule has 0 aromatic heterocycles. The van der Waals surface area contributed by atoms with Gasteiger partial charge in [-0.1, -0.05) is 54.6 Å². The molecule has 2 N–H and O–H groups in total. The van der Waals surface area contributed by atoms with Crippen LogP contribution in [0.2, 0.25) is 0 Å².